The zero-order chi connectivity index (χ0) is 20.7. The maximum Gasteiger partial charge on any atom is 0.335 e. The van der Waals surface area contributed by atoms with Crippen LogP contribution in [0.5, 0.6) is 11.5 Å². The van der Waals surface area contributed by atoms with E-state index in [2.05, 4.69) is 5.32 Å². The molecule has 2 amide bonds. The molecule has 10 heteroatoms. The van der Waals surface area contributed by atoms with E-state index in [1.165, 1.54) is 36.4 Å². The highest BCUT2D eigenvalue weighted by Gasteiger charge is 2.35. The van der Waals surface area contributed by atoms with E-state index in [9.17, 15) is 19.5 Å². The van der Waals surface area contributed by atoms with Gasteiger partial charge in [-0.25, -0.2) is 4.79 Å². The molecule has 2 aromatic rings. The Morgan fingerprint density at radius 1 is 1.21 bits per heavy atom. The molecule has 0 atom stereocenters. The lowest BCUT2D eigenvalue weighted by Crippen LogP contribution is -2.54. The number of fused-ring (bicyclic) bond motifs is 1. The zero-order valence-corrected chi connectivity index (χ0v) is 16.0. The van der Waals surface area contributed by atoms with Crippen LogP contribution in [0.2, 0.25) is 5.02 Å². The molecule has 0 spiro atoms. The summed E-state index contributed by atoms with van der Waals surface area (Å²) in [7, 11) is 0. The number of amides is 2. The molecular weight excluding hydrogens is 420 g/mol. The minimum Gasteiger partial charge on any atom is -0.478 e. The number of nitrogens with zero attached hydrogens (tertiary/aromatic N) is 1. The molecule has 0 bridgehead atoms. The third-order valence-electron chi connectivity index (χ3n) is 4.24. The Hall–Kier alpha value is -3.43. The van der Waals surface area contributed by atoms with Crippen LogP contribution >= 0.6 is 23.8 Å². The number of rotatable bonds is 3. The molecule has 0 aliphatic carbocycles. The first-order valence-electron chi connectivity index (χ1n) is 8.19. The Morgan fingerprint density at radius 2 is 1.93 bits per heavy atom. The second kappa shape index (κ2) is 7.19. The average molecular weight is 431 g/mol. The SMILES string of the molecule is O=C1NC(=S)N(c2cccc(C(=O)O)c2)C(=O)C1=Cc1cc2c(cc1Cl)OCO2. The highest BCUT2D eigenvalue weighted by atomic mass is 35.5. The molecule has 0 aromatic heterocycles. The van der Waals surface area contributed by atoms with E-state index in [-0.39, 0.29) is 33.8 Å². The number of thiocarbonyl (C=S) groups is 1. The van der Waals surface area contributed by atoms with E-state index in [4.69, 9.17) is 33.3 Å². The number of halogens is 1. The quantitative estimate of drug-likeness (QED) is 0.438. The van der Waals surface area contributed by atoms with E-state index < -0.39 is 17.8 Å². The number of ether oxygens (including phenoxy) is 2. The zero-order valence-electron chi connectivity index (χ0n) is 14.5. The van der Waals surface area contributed by atoms with Gasteiger partial charge in [0.05, 0.1) is 16.3 Å². The van der Waals surface area contributed by atoms with Crippen molar-refractivity contribution in [3.05, 3.63) is 58.1 Å². The monoisotopic (exact) mass is 430 g/mol. The van der Waals surface area contributed by atoms with Gasteiger partial charge in [0.1, 0.15) is 5.57 Å². The molecule has 1 fully saturated rings. The van der Waals surface area contributed by atoms with Crippen LogP contribution in [0, 0.1) is 0 Å². The maximum atomic E-state index is 13.0. The van der Waals surface area contributed by atoms with Crippen LogP contribution < -0.4 is 19.7 Å². The van der Waals surface area contributed by atoms with Crippen molar-refractivity contribution in [3.8, 4) is 11.5 Å². The van der Waals surface area contributed by atoms with E-state index in [0.717, 1.165) is 4.90 Å². The first-order chi connectivity index (χ1) is 13.8. The first-order valence-corrected chi connectivity index (χ1v) is 8.98. The topological polar surface area (TPSA) is 105 Å². The molecular formula is C19H11ClN2O6S. The molecule has 2 aliphatic rings. The van der Waals surface area contributed by atoms with E-state index >= 15 is 0 Å². The summed E-state index contributed by atoms with van der Waals surface area (Å²) in [5, 5.41) is 11.7. The highest BCUT2D eigenvalue weighted by Crippen LogP contribution is 2.38. The summed E-state index contributed by atoms with van der Waals surface area (Å²) in [5.74, 6) is -1.67. The molecule has 8 nitrogen and oxygen atoms in total. The lowest BCUT2D eigenvalue weighted by molar-refractivity contribution is -0.122. The predicted octanol–water partition coefficient (Wildman–Crippen LogP) is 2.60. The Labute approximate surface area is 174 Å². The molecule has 0 saturated carbocycles. The lowest BCUT2D eigenvalue weighted by Gasteiger charge is -2.29. The van der Waals surface area contributed by atoms with Gasteiger partial charge in [0.25, 0.3) is 11.8 Å². The molecule has 0 radical (unpaired) electrons. The summed E-state index contributed by atoms with van der Waals surface area (Å²) in [4.78, 5) is 37.7. The molecule has 2 aromatic carbocycles. The summed E-state index contributed by atoms with van der Waals surface area (Å²) < 4.78 is 10.5. The maximum absolute atomic E-state index is 13.0. The van der Waals surface area contributed by atoms with Crippen molar-refractivity contribution in [1.29, 1.82) is 0 Å². The van der Waals surface area contributed by atoms with Crippen molar-refractivity contribution < 1.29 is 29.0 Å². The molecule has 29 heavy (non-hydrogen) atoms. The molecule has 2 heterocycles. The van der Waals surface area contributed by atoms with Gasteiger partial charge in [0.2, 0.25) is 6.79 Å². The van der Waals surface area contributed by atoms with Crippen molar-refractivity contribution in [2.45, 2.75) is 0 Å². The second-order valence-electron chi connectivity index (χ2n) is 6.04. The van der Waals surface area contributed by atoms with Crippen LogP contribution in [0.15, 0.2) is 42.0 Å². The van der Waals surface area contributed by atoms with Crippen LogP contribution in [0.4, 0.5) is 5.69 Å². The van der Waals surface area contributed by atoms with Gasteiger partial charge in [-0.1, -0.05) is 17.7 Å². The molecule has 146 valence electrons. The predicted molar refractivity (Wildman–Crippen MR) is 107 cm³/mol. The van der Waals surface area contributed by atoms with Gasteiger partial charge in [-0.3, -0.25) is 19.8 Å². The van der Waals surface area contributed by atoms with Gasteiger partial charge in [0.15, 0.2) is 16.6 Å². The first kappa shape index (κ1) is 18.9. The number of carboxylic acids is 1. The summed E-state index contributed by atoms with van der Waals surface area (Å²) in [6.07, 6.45) is 1.32. The van der Waals surface area contributed by atoms with Gasteiger partial charge in [-0.05, 0) is 48.1 Å². The average Bonchev–Trinajstić information content (AvgIpc) is 3.12. The number of carbonyl (C=O) groups excluding carboxylic acids is 2. The summed E-state index contributed by atoms with van der Waals surface area (Å²) in [5.41, 5.74) is 0.337. The van der Waals surface area contributed by atoms with Crippen molar-refractivity contribution in [1.82, 2.24) is 5.32 Å². The van der Waals surface area contributed by atoms with Gasteiger partial charge in [-0.15, -0.1) is 0 Å². The minimum atomic E-state index is -1.16. The van der Waals surface area contributed by atoms with Crippen molar-refractivity contribution >= 4 is 58.5 Å². The molecule has 1 saturated heterocycles. The largest absolute Gasteiger partial charge is 0.478 e. The third kappa shape index (κ3) is 3.41. The van der Waals surface area contributed by atoms with Crippen LogP contribution in [-0.4, -0.2) is 34.8 Å². The number of nitrogens with one attached hydrogen (secondary N) is 1. The van der Waals surface area contributed by atoms with Gasteiger partial charge < -0.3 is 14.6 Å². The fraction of sp³-hybridized carbons (Fsp3) is 0.0526. The summed E-state index contributed by atoms with van der Waals surface area (Å²) in [6.45, 7) is 0.0487. The van der Waals surface area contributed by atoms with Crippen molar-refractivity contribution in [3.63, 3.8) is 0 Å². The Bertz CT molecular complexity index is 1130. The van der Waals surface area contributed by atoms with Gasteiger partial charge in [0, 0.05) is 6.07 Å². The number of carbonyl (C=O) groups is 3. The molecule has 0 unspecified atom stereocenters. The number of benzene rings is 2. The second-order valence-corrected chi connectivity index (χ2v) is 6.83. The van der Waals surface area contributed by atoms with Crippen LogP contribution in [-0.2, 0) is 9.59 Å². The Kier molecular flexibility index (Phi) is 4.69. The number of aromatic carboxylic acids is 1. The van der Waals surface area contributed by atoms with Crippen molar-refractivity contribution in [2.24, 2.45) is 0 Å². The van der Waals surface area contributed by atoms with E-state index in [0.29, 0.717) is 17.1 Å². The smallest absolute Gasteiger partial charge is 0.335 e. The van der Waals surface area contributed by atoms with Crippen LogP contribution in [0.3, 0.4) is 0 Å². The number of carboxylic acid groups (broad SMARTS) is 1. The molecule has 4 rings (SSSR count). The molecule has 2 aliphatic heterocycles. The Balaban J connectivity index is 1.75. The standard InChI is InChI=1S/C19H11ClN2O6S/c20-13-7-15-14(27-8-28-15)6-10(13)5-12-16(23)21-19(29)22(17(12)24)11-3-1-2-9(4-11)18(25)26/h1-7H,8H2,(H,25,26)(H,21,23,29). The molecule has 2 N–H and O–H groups in total. The lowest BCUT2D eigenvalue weighted by atomic mass is 10.1. The van der Waals surface area contributed by atoms with Crippen LogP contribution in [0.25, 0.3) is 6.08 Å². The highest BCUT2D eigenvalue weighted by molar-refractivity contribution is 7.80. The third-order valence-corrected chi connectivity index (χ3v) is 4.86. The number of hydrogen-bond acceptors (Lipinski definition) is 6. The van der Waals surface area contributed by atoms with Gasteiger partial charge >= 0.3 is 5.97 Å². The van der Waals surface area contributed by atoms with Crippen LogP contribution in [0.1, 0.15) is 15.9 Å². The fourth-order valence-electron chi connectivity index (χ4n) is 2.87. The minimum absolute atomic E-state index is 0.0284. The Morgan fingerprint density at radius 3 is 2.66 bits per heavy atom. The van der Waals surface area contributed by atoms with E-state index in [1.807, 2.05) is 0 Å². The van der Waals surface area contributed by atoms with Crippen molar-refractivity contribution in [2.75, 3.05) is 11.7 Å². The van der Waals surface area contributed by atoms with E-state index in [1.54, 1.807) is 6.07 Å². The fourth-order valence-corrected chi connectivity index (χ4v) is 3.36. The summed E-state index contributed by atoms with van der Waals surface area (Å²) in [6, 6.07) is 8.74. The van der Waals surface area contributed by atoms with Gasteiger partial charge in [-0.2, -0.15) is 0 Å². The summed E-state index contributed by atoms with van der Waals surface area (Å²) >= 11 is 11.3. The number of anilines is 1. The number of hydrogen-bond donors (Lipinski definition) is 2. The normalized spacial score (nSPS) is 16.9.